The fourth-order valence-electron chi connectivity index (χ4n) is 3.34. The number of aryl methyl sites for hydroxylation is 2. The van der Waals surface area contributed by atoms with Gasteiger partial charge in [-0.2, -0.15) is 5.10 Å². The molecule has 1 amide bonds. The number of amides is 1. The van der Waals surface area contributed by atoms with Gasteiger partial charge >= 0.3 is 0 Å². The van der Waals surface area contributed by atoms with Crippen LogP contribution in [0.5, 0.6) is 0 Å². The molecular weight excluding hydrogens is 330 g/mol. The Morgan fingerprint density at radius 3 is 3.00 bits per heavy atom. The van der Waals surface area contributed by atoms with Gasteiger partial charge in [-0.3, -0.25) is 4.79 Å². The van der Waals surface area contributed by atoms with Crippen molar-refractivity contribution < 1.29 is 4.79 Å². The topological polar surface area (TPSA) is 88.3 Å². The fourth-order valence-corrected chi connectivity index (χ4v) is 3.34. The third-order valence-corrected chi connectivity index (χ3v) is 4.54. The van der Waals surface area contributed by atoms with Gasteiger partial charge in [0.05, 0.1) is 17.9 Å². The predicted molar refractivity (Wildman–Crippen MR) is 96.6 cm³/mol. The largest absolute Gasteiger partial charge is 0.357 e. The van der Waals surface area contributed by atoms with Crippen molar-refractivity contribution in [2.24, 2.45) is 0 Å². The van der Waals surface area contributed by atoms with Crippen LogP contribution in [0.2, 0.25) is 0 Å². The van der Waals surface area contributed by atoms with Gasteiger partial charge in [0.2, 0.25) is 5.91 Å². The van der Waals surface area contributed by atoms with Crippen LogP contribution in [-0.4, -0.2) is 48.0 Å². The van der Waals surface area contributed by atoms with Gasteiger partial charge in [-0.25, -0.2) is 19.5 Å². The number of fused-ring (bicyclic) bond motifs is 1. The zero-order chi connectivity index (χ0) is 18.1. The monoisotopic (exact) mass is 351 g/mol. The quantitative estimate of drug-likeness (QED) is 0.770. The highest BCUT2D eigenvalue weighted by Crippen LogP contribution is 2.21. The van der Waals surface area contributed by atoms with Crippen molar-refractivity contribution in [2.45, 2.75) is 39.3 Å². The molecule has 0 bridgehead atoms. The molecule has 8 nitrogen and oxygen atoms in total. The van der Waals surface area contributed by atoms with E-state index >= 15 is 0 Å². The van der Waals surface area contributed by atoms with Crippen LogP contribution in [0.15, 0.2) is 30.7 Å². The minimum Gasteiger partial charge on any atom is -0.357 e. The van der Waals surface area contributed by atoms with Crippen LogP contribution >= 0.6 is 0 Å². The molecule has 8 heteroatoms. The van der Waals surface area contributed by atoms with Crippen LogP contribution in [0.4, 0.5) is 5.82 Å². The van der Waals surface area contributed by atoms with Crippen LogP contribution in [0.1, 0.15) is 30.1 Å². The number of carbonyl (C=O) groups is 1. The van der Waals surface area contributed by atoms with E-state index in [4.69, 9.17) is 0 Å². The average Bonchev–Trinajstić information content (AvgIpc) is 3.00. The number of nitrogens with zero attached hydrogens (tertiary/aromatic N) is 6. The van der Waals surface area contributed by atoms with Crippen LogP contribution in [0.3, 0.4) is 0 Å². The summed E-state index contributed by atoms with van der Waals surface area (Å²) in [6.07, 6.45) is 6.95. The number of piperidine rings is 1. The summed E-state index contributed by atoms with van der Waals surface area (Å²) in [7, 11) is 0. The van der Waals surface area contributed by atoms with Crippen molar-refractivity contribution in [3.05, 3.63) is 47.9 Å². The zero-order valence-corrected chi connectivity index (χ0v) is 14.9. The lowest BCUT2D eigenvalue weighted by molar-refractivity contribution is -0.134. The van der Waals surface area contributed by atoms with Crippen molar-refractivity contribution >= 4 is 17.2 Å². The maximum absolute atomic E-state index is 12.9. The molecule has 0 saturated carbocycles. The van der Waals surface area contributed by atoms with E-state index in [0.29, 0.717) is 18.2 Å². The molecule has 1 saturated heterocycles. The molecule has 26 heavy (non-hydrogen) atoms. The van der Waals surface area contributed by atoms with E-state index in [1.165, 1.54) is 0 Å². The first-order chi connectivity index (χ1) is 12.6. The molecule has 0 spiro atoms. The van der Waals surface area contributed by atoms with Gasteiger partial charge in [-0.1, -0.05) is 0 Å². The number of rotatable bonds is 4. The Morgan fingerprint density at radius 2 is 2.15 bits per heavy atom. The Bertz CT molecular complexity index is 952. The van der Waals surface area contributed by atoms with Crippen LogP contribution in [0.25, 0.3) is 5.52 Å². The number of anilines is 1. The molecule has 0 aromatic carbocycles. The highest BCUT2D eigenvalue weighted by atomic mass is 16.2. The molecule has 4 rings (SSSR count). The first kappa shape index (κ1) is 16.4. The van der Waals surface area contributed by atoms with Crippen LogP contribution in [-0.2, 0) is 11.3 Å². The first-order valence-corrected chi connectivity index (χ1v) is 8.75. The Balaban J connectivity index is 1.52. The standard InChI is InChI=1S/C18H21N7O/c1-12-10-16-17(20-7-9-25(16)23-12)22-15-4-3-8-24(18(15)26)11-14-5-6-19-13(2)21-14/h5-7,9-10,15H,3-4,8,11H2,1-2H3,(H,20,22). The number of carbonyl (C=O) groups excluding carboxylic acids is 1. The van der Waals surface area contributed by atoms with E-state index in [1.807, 2.05) is 30.9 Å². The maximum Gasteiger partial charge on any atom is 0.245 e. The van der Waals surface area contributed by atoms with Gasteiger partial charge in [0.1, 0.15) is 17.4 Å². The van der Waals surface area contributed by atoms with E-state index in [-0.39, 0.29) is 11.9 Å². The summed E-state index contributed by atoms with van der Waals surface area (Å²) >= 11 is 0. The summed E-state index contributed by atoms with van der Waals surface area (Å²) < 4.78 is 1.78. The highest BCUT2D eigenvalue weighted by molar-refractivity contribution is 5.86. The summed E-state index contributed by atoms with van der Waals surface area (Å²) in [6.45, 7) is 5.03. The normalized spacial score (nSPS) is 17.7. The highest BCUT2D eigenvalue weighted by Gasteiger charge is 2.29. The van der Waals surface area contributed by atoms with Crippen molar-refractivity contribution in [1.29, 1.82) is 0 Å². The third kappa shape index (κ3) is 3.22. The Morgan fingerprint density at radius 1 is 1.27 bits per heavy atom. The molecular formula is C18H21N7O. The summed E-state index contributed by atoms with van der Waals surface area (Å²) in [6, 6.07) is 3.53. The van der Waals surface area contributed by atoms with Gasteiger partial charge in [0.15, 0.2) is 5.82 Å². The maximum atomic E-state index is 12.9. The second kappa shape index (κ2) is 6.70. The zero-order valence-electron chi connectivity index (χ0n) is 14.9. The van der Waals surface area contributed by atoms with Crippen molar-refractivity contribution in [2.75, 3.05) is 11.9 Å². The summed E-state index contributed by atoms with van der Waals surface area (Å²) in [4.78, 5) is 27.7. The molecule has 3 aromatic rings. The fraction of sp³-hybridized carbons (Fsp3) is 0.389. The molecule has 1 N–H and O–H groups in total. The minimum atomic E-state index is -0.291. The molecule has 1 fully saturated rings. The van der Waals surface area contributed by atoms with Gasteiger partial charge in [0, 0.05) is 25.1 Å². The molecule has 1 aliphatic heterocycles. The molecule has 1 atom stereocenters. The first-order valence-electron chi connectivity index (χ1n) is 8.75. The van der Waals surface area contributed by atoms with E-state index in [1.54, 1.807) is 23.1 Å². The SMILES string of the molecule is Cc1cc2c(NC3CCCN(Cc4ccnc(C)n4)C3=O)nccn2n1. The van der Waals surface area contributed by atoms with Gasteiger partial charge in [-0.05, 0) is 38.8 Å². The smallest absolute Gasteiger partial charge is 0.245 e. The van der Waals surface area contributed by atoms with E-state index < -0.39 is 0 Å². The summed E-state index contributed by atoms with van der Waals surface area (Å²) in [5.74, 6) is 1.48. The number of hydrogen-bond donors (Lipinski definition) is 1. The molecule has 1 aliphatic rings. The van der Waals surface area contributed by atoms with Crippen molar-refractivity contribution in [3.8, 4) is 0 Å². The minimum absolute atomic E-state index is 0.0764. The van der Waals surface area contributed by atoms with Gasteiger partial charge < -0.3 is 10.2 Å². The predicted octanol–water partition coefficient (Wildman–Crippen LogP) is 1.74. The second-order valence-electron chi connectivity index (χ2n) is 6.59. The van der Waals surface area contributed by atoms with E-state index in [9.17, 15) is 4.79 Å². The third-order valence-electron chi connectivity index (χ3n) is 4.54. The number of nitrogens with one attached hydrogen (secondary N) is 1. The molecule has 3 aromatic heterocycles. The van der Waals surface area contributed by atoms with Gasteiger partial charge in [-0.15, -0.1) is 0 Å². The molecule has 4 heterocycles. The lowest BCUT2D eigenvalue weighted by Crippen LogP contribution is -2.47. The summed E-state index contributed by atoms with van der Waals surface area (Å²) in [5.41, 5.74) is 2.65. The van der Waals surface area contributed by atoms with Crippen LogP contribution in [0, 0.1) is 13.8 Å². The molecule has 134 valence electrons. The average molecular weight is 351 g/mol. The molecule has 1 unspecified atom stereocenters. The molecule has 0 radical (unpaired) electrons. The Kier molecular flexibility index (Phi) is 4.24. The van der Waals surface area contributed by atoms with Crippen LogP contribution < -0.4 is 5.32 Å². The Hall–Kier alpha value is -3.03. The Labute approximate surface area is 151 Å². The van der Waals surface area contributed by atoms with E-state index in [0.717, 1.165) is 36.3 Å². The molecule has 0 aliphatic carbocycles. The van der Waals surface area contributed by atoms with Gasteiger partial charge in [0.25, 0.3) is 0 Å². The lowest BCUT2D eigenvalue weighted by Gasteiger charge is -2.32. The van der Waals surface area contributed by atoms with Crippen molar-refractivity contribution in [3.63, 3.8) is 0 Å². The summed E-state index contributed by atoms with van der Waals surface area (Å²) in [5, 5.41) is 7.71. The number of likely N-dealkylation sites (tertiary alicyclic amines) is 1. The number of hydrogen-bond acceptors (Lipinski definition) is 6. The van der Waals surface area contributed by atoms with Crippen molar-refractivity contribution in [1.82, 2.24) is 29.5 Å². The number of aromatic nitrogens is 5. The van der Waals surface area contributed by atoms with E-state index in [2.05, 4.69) is 25.4 Å². The lowest BCUT2D eigenvalue weighted by atomic mass is 10.0. The second-order valence-corrected chi connectivity index (χ2v) is 6.59.